The Kier molecular flexibility index (Phi) is 4.59. The van der Waals surface area contributed by atoms with E-state index in [9.17, 15) is 4.79 Å². The number of ketones is 1. The number of Topliss-reactive ketones (excluding diaryl/α,β-unsaturated/α-hetero) is 1. The van der Waals surface area contributed by atoms with E-state index in [2.05, 4.69) is 0 Å². The molecule has 1 unspecified atom stereocenters. The molecule has 0 radical (unpaired) electrons. The van der Waals surface area contributed by atoms with Gasteiger partial charge in [-0.2, -0.15) is 0 Å². The van der Waals surface area contributed by atoms with Gasteiger partial charge in [-0.25, -0.2) is 0 Å². The summed E-state index contributed by atoms with van der Waals surface area (Å²) in [5, 5.41) is 0. The normalized spacial score (nSPS) is 21.1. The molecule has 1 aliphatic carbocycles. The third-order valence-corrected chi connectivity index (χ3v) is 3.25. The van der Waals surface area contributed by atoms with E-state index >= 15 is 0 Å². The fraction of sp³-hybridized carbons (Fsp3) is 0.917. The van der Waals surface area contributed by atoms with Gasteiger partial charge in [0.2, 0.25) is 0 Å². The van der Waals surface area contributed by atoms with Crippen LogP contribution >= 0.6 is 0 Å². The first-order valence-electron chi connectivity index (χ1n) is 5.90. The van der Waals surface area contributed by atoms with Gasteiger partial charge in [0.25, 0.3) is 0 Å². The molecule has 0 amide bonds. The lowest BCUT2D eigenvalue weighted by Crippen LogP contribution is -2.35. The van der Waals surface area contributed by atoms with Crippen LogP contribution in [0.2, 0.25) is 0 Å². The van der Waals surface area contributed by atoms with Gasteiger partial charge < -0.3 is 5.73 Å². The topological polar surface area (TPSA) is 43.1 Å². The molecule has 1 aliphatic rings. The molecule has 2 N–H and O–H groups in total. The smallest absolute Gasteiger partial charge is 0.152 e. The summed E-state index contributed by atoms with van der Waals surface area (Å²) in [6, 6.07) is -0.210. The Bertz CT molecular complexity index is 183. The van der Waals surface area contributed by atoms with E-state index in [1.807, 2.05) is 13.8 Å². The van der Waals surface area contributed by atoms with Gasteiger partial charge in [0.1, 0.15) is 0 Å². The largest absolute Gasteiger partial charge is 0.321 e. The molecule has 1 atom stereocenters. The lowest BCUT2D eigenvalue weighted by molar-refractivity contribution is -0.123. The summed E-state index contributed by atoms with van der Waals surface area (Å²) >= 11 is 0. The van der Waals surface area contributed by atoms with Crippen molar-refractivity contribution in [2.24, 2.45) is 17.6 Å². The first-order chi connectivity index (χ1) is 6.61. The van der Waals surface area contributed by atoms with Gasteiger partial charge in [-0.1, -0.05) is 46.0 Å². The molecule has 1 rings (SSSR count). The molecule has 0 aromatic carbocycles. The summed E-state index contributed by atoms with van der Waals surface area (Å²) in [7, 11) is 0. The van der Waals surface area contributed by atoms with E-state index in [-0.39, 0.29) is 17.7 Å². The van der Waals surface area contributed by atoms with Crippen molar-refractivity contribution in [1.29, 1.82) is 0 Å². The minimum Gasteiger partial charge on any atom is -0.321 e. The van der Waals surface area contributed by atoms with E-state index < -0.39 is 0 Å². The lowest BCUT2D eigenvalue weighted by Gasteiger charge is -2.24. The Labute approximate surface area is 87.2 Å². The summed E-state index contributed by atoms with van der Waals surface area (Å²) < 4.78 is 0. The summed E-state index contributed by atoms with van der Waals surface area (Å²) in [5.74, 6) is 1.03. The lowest BCUT2D eigenvalue weighted by atomic mass is 9.83. The maximum atomic E-state index is 11.6. The average molecular weight is 197 g/mol. The molecule has 0 aliphatic heterocycles. The SMILES string of the molecule is CC(C)C(=O)C(N)CC1CCCCC1. The molecule has 1 saturated carbocycles. The quantitative estimate of drug-likeness (QED) is 0.752. The predicted molar refractivity (Wildman–Crippen MR) is 59.0 cm³/mol. The van der Waals surface area contributed by atoms with E-state index in [1.165, 1.54) is 32.1 Å². The maximum absolute atomic E-state index is 11.6. The van der Waals surface area contributed by atoms with Crippen molar-refractivity contribution in [1.82, 2.24) is 0 Å². The maximum Gasteiger partial charge on any atom is 0.152 e. The summed E-state index contributed by atoms with van der Waals surface area (Å²) in [6.07, 6.45) is 7.49. The van der Waals surface area contributed by atoms with E-state index in [4.69, 9.17) is 5.73 Å². The van der Waals surface area contributed by atoms with Gasteiger partial charge in [0.15, 0.2) is 5.78 Å². The highest BCUT2D eigenvalue weighted by Crippen LogP contribution is 2.27. The van der Waals surface area contributed by atoms with E-state index in [1.54, 1.807) is 0 Å². The molecule has 0 aromatic rings. The second-order valence-corrected chi connectivity index (χ2v) is 4.90. The molecule has 0 spiro atoms. The van der Waals surface area contributed by atoms with Gasteiger partial charge in [0.05, 0.1) is 6.04 Å². The Morgan fingerprint density at radius 1 is 1.29 bits per heavy atom. The zero-order valence-electron chi connectivity index (χ0n) is 9.46. The van der Waals surface area contributed by atoms with Crippen LogP contribution in [-0.2, 0) is 4.79 Å². The Morgan fingerprint density at radius 3 is 2.36 bits per heavy atom. The number of carbonyl (C=O) groups excluding carboxylic acids is 1. The molecular weight excluding hydrogens is 174 g/mol. The summed E-state index contributed by atoms with van der Waals surface area (Å²) in [6.45, 7) is 3.87. The van der Waals surface area contributed by atoms with Crippen LogP contribution < -0.4 is 5.73 Å². The number of rotatable bonds is 4. The van der Waals surface area contributed by atoms with Crippen LogP contribution in [0, 0.1) is 11.8 Å². The number of hydrogen-bond acceptors (Lipinski definition) is 2. The highest BCUT2D eigenvalue weighted by atomic mass is 16.1. The fourth-order valence-corrected chi connectivity index (χ4v) is 2.33. The van der Waals surface area contributed by atoms with Gasteiger partial charge in [-0.3, -0.25) is 4.79 Å². The third-order valence-electron chi connectivity index (χ3n) is 3.25. The van der Waals surface area contributed by atoms with Crippen molar-refractivity contribution in [3.63, 3.8) is 0 Å². The van der Waals surface area contributed by atoms with Gasteiger partial charge in [0, 0.05) is 5.92 Å². The van der Waals surface area contributed by atoms with Gasteiger partial charge in [-0.05, 0) is 12.3 Å². The zero-order chi connectivity index (χ0) is 10.6. The monoisotopic (exact) mass is 197 g/mol. The summed E-state index contributed by atoms with van der Waals surface area (Å²) in [4.78, 5) is 11.6. The van der Waals surface area contributed by atoms with Crippen molar-refractivity contribution < 1.29 is 4.79 Å². The molecule has 0 heterocycles. The van der Waals surface area contributed by atoms with Crippen molar-refractivity contribution in [3.8, 4) is 0 Å². The molecule has 0 saturated heterocycles. The highest BCUT2D eigenvalue weighted by molar-refractivity contribution is 5.85. The third kappa shape index (κ3) is 3.41. The van der Waals surface area contributed by atoms with Gasteiger partial charge >= 0.3 is 0 Å². The van der Waals surface area contributed by atoms with Crippen molar-refractivity contribution in [2.45, 2.75) is 58.4 Å². The van der Waals surface area contributed by atoms with Gasteiger partial charge in [-0.15, -0.1) is 0 Å². The van der Waals surface area contributed by atoms with Crippen LogP contribution in [0.5, 0.6) is 0 Å². The molecule has 0 bridgehead atoms. The minimum absolute atomic E-state index is 0.0913. The number of nitrogens with two attached hydrogens (primary N) is 1. The number of hydrogen-bond donors (Lipinski definition) is 1. The Hall–Kier alpha value is -0.370. The Balaban J connectivity index is 2.31. The van der Waals surface area contributed by atoms with Crippen LogP contribution in [0.4, 0.5) is 0 Å². The van der Waals surface area contributed by atoms with E-state index in [0.717, 1.165) is 6.42 Å². The minimum atomic E-state index is -0.210. The van der Waals surface area contributed by atoms with E-state index in [0.29, 0.717) is 5.92 Å². The fourth-order valence-electron chi connectivity index (χ4n) is 2.33. The highest BCUT2D eigenvalue weighted by Gasteiger charge is 2.22. The first kappa shape index (κ1) is 11.7. The Morgan fingerprint density at radius 2 is 1.86 bits per heavy atom. The van der Waals surface area contributed by atoms with Crippen LogP contribution in [0.1, 0.15) is 52.4 Å². The van der Waals surface area contributed by atoms with Crippen molar-refractivity contribution >= 4 is 5.78 Å². The predicted octanol–water partition coefficient (Wildman–Crippen LogP) is 2.51. The zero-order valence-corrected chi connectivity index (χ0v) is 9.46. The average Bonchev–Trinajstić information content (AvgIpc) is 2.18. The molecule has 2 heteroatoms. The second kappa shape index (κ2) is 5.50. The van der Waals surface area contributed by atoms with Crippen molar-refractivity contribution in [2.75, 3.05) is 0 Å². The molecule has 14 heavy (non-hydrogen) atoms. The van der Waals surface area contributed by atoms with Crippen molar-refractivity contribution in [3.05, 3.63) is 0 Å². The van der Waals surface area contributed by atoms with Crippen LogP contribution in [0.25, 0.3) is 0 Å². The van der Waals surface area contributed by atoms with Crippen LogP contribution in [0.3, 0.4) is 0 Å². The van der Waals surface area contributed by atoms with Crippen LogP contribution in [0.15, 0.2) is 0 Å². The molecule has 2 nitrogen and oxygen atoms in total. The molecule has 0 aromatic heterocycles. The molecule has 1 fully saturated rings. The standard InChI is InChI=1S/C12H23NO/c1-9(2)12(14)11(13)8-10-6-4-3-5-7-10/h9-11H,3-8,13H2,1-2H3. The number of carbonyl (C=O) groups is 1. The second-order valence-electron chi connectivity index (χ2n) is 4.90. The first-order valence-corrected chi connectivity index (χ1v) is 5.90. The summed E-state index contributed by atoms with van der Waals surface area (Å²) in [5.41, 5.74) is 5.90. The van der Waals surface area contributed by atoms with Crippen LogP contribution in [-0.4, -0.2) is 11.8 Å². The molecule has 82 valence electrons. The molecular formula is C12H23NO.